The van der Waals surface area contributed by atoms with Crippen molar-refractivity contribution in [2.24, 2.45) is 5.92 Å². The van der Waals surface area contributed by atoms with Gasteiger partial charge in [-0.3, -0.25) is 14.5 Å². The molecule has 2 rings (SSSR count). The number of ketones is 1. The van der Waals surface area contributed by atoms with E-state index in [-0.39, 0.29) is 11.6 Å². The number of nitrogens with zero attached hydrogens (tertiary/aromatic N) is 1. The molecule has 1 aliphatic heterocycles. The van der Waals surface area contributed by atoms with Crippen molar-refractivity contribution in [3.63, 3.8) is 0 Å². The van der Waals surface area contributed by atoms with E-state index in [2.05, 4.69) is 4.74 Å². The fraction of sp³-hybridized carbons (Fsp3) is 0.429. The second-order valence-electron chi connectivity index (χ2n) is 4.62. The molecule has 1 unspecified atom stereocenters. The number of esters is 1. The molecule has 5 heteroatoms. The van der Waals surface area contributed by atoms with Gasteiger partial charge in [0.15, 0.2) is 0 Å². The van der Waals surface area contributed by atoms with E-state index in [1.54, 1.807) is 18.2 Å². The number of likely N-dealkylation sites (tertiary alicyclic amines) is 1. The second kappa shape index (κ2) is 5.93. The maximum atomic E-state index is 13.6. The molecule has 1 aliphatic rings. The molecule has 102 valence electrons. The molecule has 0 saturated carbocycles. The van der Waals surface area contributed by atoms with Gasteiger partial charge in [0.25, 0.3) is 0 Å². The van der Waals surface area contributed by atoms with Crippen LogP contribution in [-0.2, 0) is 20.9 Å². The van der Waals surface area contributed by atoms with Crippen LogP contribution in [0.1, 0.15) is 12.0 Å². The Bertz CT molecular complexity index is 481. The molecular formula is C14H16FNO3. The number of carbonyl (C=O) groups excluding carboxylic acids is 2. The molecule has 1 fully saturated rings. The van der Waals surface area contributed by atoms with Crippen LogP contribution in [0.15, 0.2) is 24.3 Å². The number of hydrogen-bond donors (Lipinski definition) is 0. The van der Waals surface area contributed by atoms with Gasteiger partial charge in [0.05, 0.1) is 7.11 Å². The number of benzene rings is 1. The maximum Gasteiger partial charge on any atom is 0.317 e. The van der Waals surface area contributed by atoms with Gasteiger partial charge in [0, 0.05) is 31.6 Å². The second-order valence-corrected chi connectivity index (χ2v) is 4.62. The van der Waals surface area contributed by atoms with E-state index >= 15 is 0 Å². The van der Waals surface area contributed by atoms with Gasteiger partial charge in [-0.1, -0.05) is 18.2 Å². The Morgan fingerprint density at radius 3 is 2.89 bits per heavy atom. The molecule has 0 amide bonds. The van der Waals surface area contributed by atoms with Crippen LogP contribution < -0.4 is 0 Å². The molecule has 0 spiro atoms. The van der Waals surface area contributed by atoms with E-state index in [0.29, 0.717) is 31.6 Å². The van der Waals surface area contributed by atoms with Gasteiger partial charge in [0.2, 0.25) is 0 Å². The lowest BCUT2D eigenvalue weighted by Crippen LogP contribution is -2.44. The predicted molar refractivity (Wildman–Crippen MR) is 66.8 cm³/mol. The summed E-state index contributed by atoms with van der Waals surface area (Å²) in [6, 6.07) is 6.52. The summed E-state index contributed by atoms with van der Waals surface area (Å²) in [7, 11) is 1.27. The Labute approximate surface area is 111 Å². The highest BCUT2D eigenvalue weighted by Gasteiger charge is 2.33. The summed E-state index contributed by atoms with van der Waals surface area (Å²) in [6.07, 6.45) is 0.300. The molecular weight excluding hydrogens is 249 g/mol. The molecule has 4 nitrogen and oxygen atoms in total. The molecule has 0 N–H and O–H groups in total. The van der Waals surface area contributed by atoms with Crippen molar-refractivity contribution in [3.05, 3.63) is 35.6 Å². The number of Topliss-reactive ketones (excluding diaryl/α,β-unsaturated/α-hetero) is 1. The molecule has 0 radical (unpaired) electrons. The van der Waals surface area contributed by atoms with E-state index in [1.165, 1.54) is 13.2 Å². The SMILES string of the molecule is COC(=O)C1CN(Cc2ccccc2F)CCC1=O. The first-order valence-corrected chi connectivity index (χ1v) is 6.18. The third kappa shape index (κ3) is 3.17. The first kappa shape index (κ1) is 13.7. The van der Waals surface area contributed by atoms with E-state index in [9.17, 15) is 14.0 Å². The Balaban J connectivity index is 2.04. The van der Waals surface area contributed by atoms with Crippen LogP contribution >= 0.6 is 0 Å². The van der Waals surface area contributed by atoms with Crippen LogP contribution in [0.2, 0.25) is 0 Å². The first-order chi connectivity index (χ1) is 9.11. The van der Waals surface area contributed by atoms with Gasteiger partial charge in [-0.15, -0.1) is 0 Å². The Morgan fingerprint density at radius 2 is 2.21 bits per heavy atom. The summed E-state index contributed by atoms with van der Waals surface area (Å²) in [5, 5.41) is 0. The number of ether oxygens (including phenoxy) is 1. The minimum atomic E-state index is -0.745. The highest BCUT2D eigenvalue weighted by Crippen LogP contribution is 2.18. The summed E-state index contributed by atoms with van der Waals surface area (Å²) >= 11 is 0. The molecule has 0 bridgehead atoms. The monoisotopic (exact) mass is 265 g/mol. The van der Waals surface area contributed by atoms with Gasteiger partial charge in [-0.25, -0.2) is 4.39 Å². The van der Waals surface area contributed by atoms with Crippen molar-refractivity contribution in [1.29, 1.82) is 0 Å². The van der Waals surface area contributed by atoms with Gasteiger partial charge in [0.1, 0.15) is 17.5 Å². The number of rotatable bonds is 3. The van der Waals surface area contributed by atoms with Crippen LogP contribution in [0.3, 0.4) is 0 Å². The Hall–Kier alpha value is -1.75. The number of hydrogen-bond acceptors (Lipinski definition) is 4. The molecule has 1 atom stereocenters. The first-order valence-electron chi connectivity index (χ1n) is 6.18. The van der Waals surface area contributed by atoms with E-state index in [4.69, 9.17) is 0 Å². The van der Waals surface area contributed by atoms with E-state index < -0.39 is 11.9 Å². The lowest BCUT2D eigenvalue weighted by Gasteiger charge is -2.30. The van der Waals surface area contributed by atoms with Crippen LogP contribution in [0.5, 0.6) is 0 Å². The molecule has 1 saturated heterocycles. The lowest BCUT2D eigenvalue weighted by molar-refractivity contribution is -0.152. The average molecular weight is 265 g/mol. The highest BCUT2D eigenvalue weighted by atomic mass is 19.1. The molecule has 0 aliphatic carbocycles. The van der Waals surface area contributed by atoms with Gasteiger partial charge < -0.3 is 4.74 Å². The van der Waals surface area contributed by atoms with Crippen molar-refractivity contribution >= 4 is 11.8 Å². The molecule has 1 aromatic rings. The van der Waals surface area contributed by atoms with Crippen LogP contribution in [0.4, 0.5) is 4.39 Å². The minimum Gasteiger partial charge on any atom is -0.468 e. The molecule has 1 heterocycles. The summed E-state index contributed by atoms with van der Waals surface area (Å²) in [6.45, 7) is 1.23. The quantitative estimate of drug-likeness (QED) is 0.612. The summed E-state index contributed by atoms with van der Waals surface area (Å²) < 4.78 is 18.2. The van der Waals surface area contributed by atoms with Crippen LogP contribution in [0.25, 0.3) is 0 Å². The van der Waals surface area contributed by atoms with Crippen molar-refractivity contribution in [3.8, 4) is 0 Å². The van der Waals surface area contributed by atoms with Crippen LogP contribution in [0, 0.1) is 11.7 Å². The zero-order chi connectivity index (χ0) is 13.8. The smallest absolute Gasteiger partial charge is 0.317 e. The zero-order valence-electron chi connectivity index (χ0n) is 10.8. The predicted octanol–water partition coefficient (Wildman–Crippen LogP) is 1.39. The zero-order valence-corrected chi connectivity index (χ0v) is 10.8. The topological polar surface area (TPSA) is 46.6 Å². The number of halogens is 1. The van der Waals surface area contributed by atoms with Gasteiger partial charge >= 0.3 is 5.97 Å². The minimum absolute atomic E-state index is 0.100. The molecule has 19 heavy (non-hydrogen) atoms. The highest BCUT2D eigenvalue weighted by molar-refractivity contribution is 5.99. The van der Waals surface area contributed by atoms with Crippen molar-refractivity contribution < 1.29 is 18.7 Å². The van der Waals surface area contributed by atoms with Crippen molar-refractivity contribution in [1.82, 2.24) is 4.90 Å². The van der Waals surface area contributed by atoms with Crippen LogP contribution in [-0.4, -0.2) is 36.9 Å². The Kier molecular flexibility index (Phi) is 4.27. The number of methoxy groups -OCH3 is 1. The summed E-state index contributed by atoms with van der Waals surface area (Å²) in [5.41, 5.74) is 0.570. The summed E-state index contributed by atoms with van der Waals surface area (Å²) in [5.74, 6) is -1.63. The lowest BCUT2D eigenvalue weighted by atomic mass is 9.96. The third-order valence-corrected chi connectivity index (χ3v) is 3.34. The van der Waals surface area contributed by atoms with Gasteiger partial charge in [-0.05, 0) is 6.07 Å². The maximum absolute atomic E-state index is 13.6. The molecule has 0 aromatic heterocycles. The van der Waals surface area contributed by atoms with Gasteiger partial charge in [-0.2, -0.15) is 0 Å². The Morgan fingerprint density at radius 1 is 1.47 bits per heavy atom. The normalized spacial score (nSPS) is 20.3. The van der Waals surface area contributed by atoms with E-state index in [1.807, 2.05) is 4.90 Å². The average Bonchev–Trinajstić information content (AvgIpc) is 2.42. The molecule has 1 aromatic carbocycles. The number of piperidine rings is 1. The van der Waals surface area contributed by atoms with E-state index in [0.717, 1.165) is 0 Å². The number of carbonyl (C=O) groups is 2. The summed E-state index contributed by atoms with van der Waals surface area (Å²) in [4.78, 5) is 25.1. The van der Waals surface area contributed by atoms with Crippen molar-refractivity contribution in [2.45, 2.75) is 13.0 Å². The van der Waals surface area contributed by atoms with Crippen molar-refractivity contribution in [2.75, 3.05) is 20.2 Å². The fourth-order valence-corrected chi connectivity index (χ4v) is 2.25. The third-order valence-electron chi connectivity index (χ3n) is 3.34. The largest absolute Gasteiger partial charge is 0.468 e. The standard InChI is InChI=1S/C14H16FNO3/c1-19-14(18)11-9-16(7-6-13(11)17)8-10-4-2-3-5-12(10)15/h2-5,11H,6-9H2,1H3. The fourth-order valence-electron chi connectivity index (χ4n) is 2.25.